The number of amides is 2. The van der Waals surface area contributed by atoms with Crippen molar-refractivity contribution in [3.05, 3.63) is 66.1 Å². The molecule has 2 N–H and O–H groups in total. The number of fused-ring (bicyclic) bond motifs is 1. The zero-order valence-corrected chi connectivity index (χ0v) is 12.6. The maximum Gasteiger partial charge on any atom is 0.252 e. The minimum atomic E-state index is -0.554. The molecule has 1 aliphatic heterocycles. The van der Waals surface area contributed by atoms with Crippen molar-refractivity contribution in [2.24, 2.45) is 0 Å². The van der Waals surface area contributed by atoms with Crippen molar-refractivity contribution >= 4 is 28.4 Å². The first-order valence-corrected chi connectivity index (χ1v) is 7.57. The van der Waals surface area contributed by atoms with Crippen molar-refractivity contribution in [2.45, 2.75) is 6.04 Å². The molecule has 0 saturated carbocycles. The lowest BCUT2D eigenvalue weighted by Crippen LogP contribution is -2.64. The molecule has 1 saturated heterocycles. The third kappa shape index (κ3) is 2.42. The van der Waals surface area contributed by atoms with E-state index in [1.807, 2.05) is 18.3 Å². The highest BCUT2D eigenvalue weighted by atomic mass is 19.1. The van der Waals surface area contributed by atoms with Crippen LogP contribution in [-0.4, -0.2) is 29.4 Å². The number of nitrogens with zero attached hydrogens (tertiary/aromatic N) is 1. The van der Waals surface area contributed by atoms with Gasteiger partial charge in [0.05, 0.1) is 6.54 Å². The fourth-order valence-electron chi connectivity index (χ4n) is 2.82. The number of hydrogen-bond acceptors (Lipinski definition) is 2. The molecule has 1 aromatic heterocycles. The Morgan fingerprint density at radius 2 is 1.96 bits per heavy atom. The van der Waals surface area contributed by atoms with Crippen LogP contribution in [0.3, 0.4) is 0 Å². The van der Waals surface area contributed by atoms with E-state index in [4.69, 9.17) is 0 Å². The Bertz CT molecular complexity index is 933. The molecule has 2 amide bonds. The van der Waals surface area contributed by atoms with Crippen LogP contribution in [0.4, 0.5) is 10.1 Å². The number of anilines is 1. The Hall–Kier alpha value is -3.15. The molecule has 2 heterocycles. The van der Waals surface area contributed by atoms with Crippen molar-refractivity contribution in [3.8, 4) is 0 Å². The Morgan fingerprint density at radius 3 is 2.71 bits per heavy atom. The highest BCUT2D eigenvalue weighted by Crippen LogP contribution is 2.23. The molecule has 0 radical (unpaired) electrons. The van der Waals surface area contributed by atoms with Crippen molar-refractivity contribution in [3.63, 3.8) is 0 Å². The summed E-state index contributed by atoms with van der Waals surface area (Å²) in [6, 6.07) is 12.4. The average Bonchev–Trinajstić information content (AvgIpc) is 3.06. The van der Waals surface area contributed by atoms with Crippen LogP contribution in [0.5, 0.6) is 0 Å². The number of aromatic amines is 1. The molecule has 3 aromatic rings. The minimum absolute atomic E-state index is 0.198. The van der Waals surface area contributed by atoms with Crippen LogP contribution in [0.25, 0.3) is 10.9 Å². The Labute approximate surface area is 137 Å². The number of hydrogen-bond donors (Lipinski definition) is 2. The van der Waals surface area contributed by atoms with Crippen LogP contribution in [0.2, 0.25) is 0 Å². The molecule has 0 spiro atoms. The number of carbonyl (C=O) groups is 2. The quantitative estimate of drug-likeness (QED) is 0.727. The summed E-state index contributed by atoms with van der Waals surface area (Å²) < 4.78 is 12.9. The molecule has 1 unspecified atom stereocenters. The third-order valence-electron chi connectivity index (χ3n) is 4.19. The second-order valence-corrected chi connectivity index (χ2v) is 5.73. The highest BCUT2D eigenvalue weighted by Gasteiger charge is 2.38. The first kappa shape index (κ1) is 14.4. The van der Waals surface area contributed by atoms with Crippen LogP contribution >= 0.6 is 0 Å². The molecule has 1 atom stereocenters. The largest absolute Gasteiger partial charge is 0.361 e. The number of halogens is 1. The maximum absolute atomic E-state index is 12.9. The standard InChI is InChI=1S/C18H14FN3O2/c19-13-3-5-14(6-4-13)22-10-16(18(22)24)21-17(23)12-2-1-11-7-8-20-15(11)9-12/h1-9,16,20H,10H2,(H,21,23). The van der Waals surface area contributed by atoms with Gasteiger partial charge in [-0.05, 0) is 47.9 Å². The summed E-state index contributed by atoms with van der Waals surface area (Å²) in [6.07, 6.45) is 1.81. The molecular formula is C18H14FN3O2. The van der Waals surface area contributed by atoms with Gasteiger partial charge in [0.25, 0.3) is 11.8 Å². The second-order valence-electron chi connectivity index (χ2n) is 5.73. The van der Waals surface area contributed by atoms with Gasteiger partial charge in [0, 0.05) is 23.0 Å². The first-order chi connectivity index (χ1) is 11.6. The van der Waals surface area contributed by atoms with E-state index in [0.717, 1.165) is 10.9 Å². The second kappa shape index (κ2) is 5.49. The monoisotopic (exact) mass is 323 g/mol. The molecule has 2 aromatic carbocycles. The van der Waals surface area contributed by atoms with Crippen LogP contribution in [-0.2, 0) is 4.79 Å². The number of rotatable bonds is 3. The molecule has 0 bridgehead atoms. The summed E-state index contributed by atoms with van der Waals surface area (Å²) in [7, 11) is 0. The number of carbonyl (C=O) groups excluding carboxylic acids is 2. The van der Waals surface area contributed by atoms with E-state index in [1.165, 1.54) is 17.0 Å². The topological polar surface area (TPSA) is 65.2 Å². The molecule has 6 heteroatoms. The predicted molar refractivity (Wildman–Crippen MR) is 88.3 cm³/mol. The fraction of sp³-hybridized carbons (Fsp3) is 0.111. The summed E-state index contributed by atoms with van der Waals surface area (Å²) in [5.74, 6) is -0.837. The molecule has 1 aliphatic rings. The van der Waals surface area contributed by atoms with E-state index in [-0.39, 0.29) is 17.6 Å². The van der Waals surface area contributed by atoms with Crippen LogP contribution < -0.4 is 10.2 Å². The minimum Gasteiger partial charge on any atom is -0.361 e. The van der Waals surface area contributed by atoms with E-state index in [9.17, 15) is 14.0 Å². The number of benzene rings is 2. The summed E-state index contributed by atoms with van der Waals surface area (Å²) >= 11 is 0. The zero-order valence-electron chi connectivity index (χ0n) is 12.6. The van der Waals surface area contributed by atoms with E-state index in [0.29, 0.717) is 17.8 Å². The third-order valence-corrected chi connectivity index (χ3v) is 4.19. The average molecular weight is 323 g/mol. The highest BCUT2D eigenvalue weighted by molar-refractivity contribution is 6.08. The molecule has 0 aliphatic carbocycles. The van der Waals surface area contributed by atoms with Gasteiger partial charge in [0.1, 0.15) is 11.9 Å². The summed E-state index contributed by atoms with van der Waals surface area (Å²) in [4.78, 5) is 29.1. The van der Waals surface area contributed by atoms with Gasteiger partial charge in [-0.25, -0.2) is 4.39 Å². The Morgan fingerprint density at radius 1 is 1.17 bits per heavy atom. The molecule has 120 valence electrons. The lowest BCUT2D eigenvalue weighted by atomic mass is 10.0. The van der Waals surface area contributed by atoms with E-state index in [1.54, 1.807) is 24.3 Å². The lowest BCUT2D eigenvalue weighted by Gasteiger charge is -2.38. The fourth-order valence-corrected chi connectivity index (χ4v) is 2.82. The smallest absolute Gasteiger partial charge is 0.252 e. The van der Waals surface area contributed by atoms with E-state index < -0.39 is 6.04 Å². The van der Waals surface area contributed by atoms with E-state index in [2.05, 4.69) is 10.3 Å². The zero-order chi connectivity index (χ0) is 16.7. The maximum atomic E-state index is 12.9. The van der Waals surface area contributed by atoms with Crippen LogP contribution in [0, 0.1) is 5.82 Å². The van der Waals surface area contributed by atoms with Gasteiger partial charge in [0.15, 0.2) is 0 Å². The van der Waals surface area contributed by atoms with E-state index >= 15 is 0 Å². The number of β-lactam (4-membered cyclic amide) rings is 1. The van der Waals surface area contributed by atoms with Crippen LogP contribution in [0.1, 0.15) is 10.4 Å². The van der Waals surface area contributed by atoms with Crippen LogP contribution in [0.15, 0.2) is 54.7 Å². The van der Waals surface area contributed by atoms with Crippen molar-refractivity contribution in [2.75, 3.05) is 11.4 Å². The van der Waals surface area contributed by atoms with Gasteiger partial charge < -0.3 is 15.2 Å². The summed E-state index contributed by atoms with van der Waals surface area (Å²) in [6.45, 7) is 0.376. The normalized spacial score (nSPS) is 17.0. The first-order valence-electron chi connectivity index (χ1n) is 7.57. The van der Waals surface area contributed by atoms with Gasteiger partial charge in [-0.1, -0.05) is 6.07 Å². The summed E-state index contributed by atoms with van der Waals surface area (Å²) in [5.41, 5.74) is 1.99. The number of H-pyrrole nitrogens is 1. The molecule has 4 rings (SSSR count). The lowest BCUT2D eigenvalue weighted by molar-refractivity contribution is -0.124. The van der Waals surface area contributed by atoms with Gasteiger partial charge in [-0.15, -0.1) is 0 Å². The summed E-state index contributed by atoms with van der Waals surface area (Å²) in [5, 5.41) is 3.75. The molecule has 1 fully saturated rings. The Kier molecular flexibility index (Phi) is 3.30. The molecule has 5 nitrogen and oxygen atoms in total. The Balaban J connectivity index is 1.43. The SMILES string of the molecule is O=C(NC1CN(c2ccc(F)cc2)C1=O)c1ccc2cc[nH]c2c1. The number of nitrogens with one attached hydrogen (secondary N) is 2. The van der Waals surface area contributed by atoms with Gasteiger partial charge >= 0.3 is 0 Å². The van der Waals surface area contributed by atoms with Gasteiger partial charge in [0.2, 0.25) is 0 Å². The van der Waals surface area contributed by atoms with Gasteiger partial charge in [-0.2, -0.15) is 0 Å². The molecule has 24 heavy (non-hydrogen) atoms. The van der Waals surface area contributed by atoms with Gasteiger partial charge in [-0.3, -0.25) is 9.59 Å². The van der Waals surface area contributed by atoms with Crippen molar-refractivity contribution in [1.82, 2.24) is 10.3 Å². The number of aromatic nitrogens is 1. The van der Waals surface area contributed by atoms with Crippen molar-refractivity contribution in [1.29, 1.82) is 0 Å². The van der Waals surface area contributed by atoms with Crippen molar-refractivity contribution < 1.29 is 14.0 Å². The molecular weight excluding hydrogens is 309 g/mol. The predicted octanol–water partition coefficient (Wildman–Crippen LogP) is 2.45.